The molecule has 0 radical (unpaired) electrons. The monoisotopic (exact) mass is 251 g/mol. The molecule has 18 heavy (non-hydrogen) atoms. The SMILES string of the molecule is CCNC(=O)c1cc(NC(C)(C)CCO)ccn1. The number of nitrogens with one attached hydrogen (secondary N) is 2. The molecule has 0 aliphatic rings. The number of aliphatic hydroxyl groups excluding tert-OH is 1. The minimum atomic E-state index is -0.228. The Morgan fingerprint density at radius 2 is 2.22 bits per heavy atom. The number of pyridine rings is 1. The Morgan fingerprint density at radius 3 is 2.83 bits per heavy atom. The highest BCUT2D eigenvalue weighted by Gasteiger charge is 2.17. The van der Waals surface area contributed by atoms with Crippen molar-refractivity contribution < 1.29 is 9.90 Å². The van der Waals surface area contributed by atoms with E-state index in [0.717, 1.165) is 5.69 Å². The predicted molar refractivity (Wildman–Crippen MR) is 71.6 cm³/mol. The van der Waals surface area contributed by atoms with E-state index in [1.807, 2.05) is 26.8 Å². The van der Waals surface area contributed by atoms with Gasteiger partial charge in [0.05, 0.1) is 0 Å². The number of amides is 1. The lowest BCUT2D eigenvalue weighted by molar-refractivity contribution is 0.0951. The van der Waals surface area contributed by atoms with Crippen LogP contribution < -0.4 is 10.6 Å². The molecule has 0 aromatic carbocycles. The van der Waals surface area contributed by atoms with Crippen LogP contribution in [0.3, 0.4) is 0 Å². The van der Waals surface area contributed by atoms with Gasteiger partial charge in [-0.3, -0.25) is 9.78 Å². The highest BCUT2D eigenvalue weighted by molar-refractivity contribution is 5.93. The van der Waals surface area contributed by atoms with Gasteiger partial charge in [-0.05, 0) is 39.3 Å². The van der Waals surface area contributed by atoms with Crippen LogP contribution in [0.5, 0.6) is 0 Å². The Kier molecular flexibility index (Phi) is 5.09. The second-order valence-corrected chi connectivity index (χ2v) is 4.77. The van der Waals surface area contributed by atoms with Gasteiger partial charge in [-0.2, -0.15) is 0 Å². The summed E-state index contributed by atoms with van der Waals surface area (Å²) in [7, 11) is 0. The summed E-state index contributed by atoms with van der Waals surface area (Å²) in [5.74, 6) is -0.180. The van der Waals surface area contributed by atoms with E-state index in [-0.39, 0.29) is 18.1 Å². The molecule has 0 saturated heterocycles. The molecule has 0 fully saturated rings. The predicted octanol–water partition coefficient (Wildman–Crippen LogP) is 1.40. The number of aromatic nitrogens is 1. The van der Waals surface area contributed by atoms with E-state index >= 15 is 0 Å². The standard InChI is InChI=1S/C13H21N3O2/c1-4-14-12(18)11-9-10(5-7-15-11)16-13(2,3)6-8-17/h5,7,9,17H,4,6,8H2,1-3H3,(H,14,18)(H,15,16). The third-order valence-corrected chi connectivity index (χ3v) is 2.55. The van der Waals surface area contributed by atoms with E-state index in [0.29, 0.717) is 18.7 Å². The van der Waals surface area contributed by atoms with Crippen molar-refractivity contribution in [2.45, 2.75) is 32.7 Å². The Morgan fingerprint density at radius 1 is 1.50 bits per heavy atom. The molecule has 0 aliphatic carbocycles. The average molecular weight is 251 g/mol. The second kappa shape index (κ2) is 6.35. The van der Waals surface area contributed by atoms with Gasteiger partial charge >= 0.3 is 0 Å². The number of hydrogen-bond acceptors (Lipinski definition) is 4. The molecule has 0 saturated carbocycles. The summed E-state index contributed by atoms with van der Waals surface area (Å²) in [6, 6.07) is 3.52. The van der Waals surface area contributed by atoms with E-state index in [9.17, 15) is 4.79 Å². The number of aliphatic hydroxyl groups is 1. The van der Waals surface area contributed by atoms with E-state index in [1.54, 1.807) is 12.3 Å². The van der Waals surface area contributed by atoms with Crippen molar-refractivity contribution in [1.29, 1.82) is 0 Å². The second-order valence-electron chi connectivity index (χ2n) is 4.77. The van der Waals surface area contributed by atoms with E-state index in [2.05, 4.69) is 15.6 Å². The molecular weight excluding hydrogens is 230 g/mol. The van der Waals surface area contributed by atoms with Crippen molar-refractivity contribution in [1.82, 2.24) is 10.3 Å². The van der Waals surface area contributed by atoms with Gasteiger partial charge in [0.25, 0.3) is 5.91 Å². The first kappa shape index (κ1) is 14.4. The molecule has 1 heterocycles. The summed E-state index contributed by atoms with van der Waals surface area (Å²) in [6.07, 6.45) is 2.23. The molecular formula is C13H21N3O2. The Balaban J connectivity index is 2.79. The maximum absolute atomic E-state index is 11.6. The van der Waals surface area contributed by atoms with Gasteiger partial charge in [0.15, 0.2) is 0 Å². The van der Waals surface area contributed by atoms with Gasteiger partial charge in [-0.25, -0.2) is 0 Å². The van der Waals surface area contributed by atoms with Crippen LogP contribution in [-0.4, -0.2) is 34.7 Å². The highest BCUT2D eigenvalue weighted by Crippen LogP contribution is 2.18. The number of nitrogens with zero attached hydrogens (tertiary/aromatic N) is 1. The lowest BCUT2D eigenvalue weighted by Crippen LogP contribution is -2.32. The Hall–Kier alpha value is -1.62. The van der Waals surface area contributed by atoms with Crippen molar-refractivity contribution in [2.75, 3.05) is 18.5 Å². The van der Waals surface area contributed by atoms with Gasteiger partial charge < -0.3 is 15.7 Å². The van der Waals surface area contributed by atoms with Gasteiger partial charge in [0.2, 0.25) is 0 Å². The van der Waals surface area contributed by atoms with Crippen LogP contribution in [0.4, 0.5) is 5.69 Å². The van der Waals surface area contributed by atoms with E-state index < -0.39 is 0 Å². The summed E-state index contributed by atoms with van der Waals surface area (Å²) < 4.78 is 0. The van der Waals surface area contributed by atoms with Gasteiger partial charge in [-0.15, -0.1) is 0 Å². The van der Waals surface area contributed by atoms with Crippen molar-refractivity contribution >= 4 is 11.6 Å². The van der Waals surface area contributed by atoms with Crippen LogP contribution in [0, 0.1) is 0 Å². The molecule has 1 aromatic rings. The molecule has 100 valence electrons. The highest BCUT2D eigenvalue weighted by atomic mass is 16.3. The zero-order chi connectivity index (χ0) is 13.6. The molecule has 1 rings (SSSR count). The summed E-state index contributed by atoms with van der Waals surface area (Å²) in [5, 5.41) is 15.0. The first-order valence-corrected chi connectivity index (χ1v) is 6.12. The van der Waals surface area contributed by atoms with Crippen molar-refractivity contribution in [2.24, 2.45) is 0 Å². The Labute approximate surface area is 108 Å². The number of hydrogen-bond donors (Lipinski definition) is 3. The van der Waals surface area contributed by atoms with Gasteiger partial charge in [0.1, 0.15) is 5.69 Å². The summed E-state index contributed by atoms with van der Waals surface area (Å²) >= 11 is 0. The molecule has 0 unspecified atom stereocenters. The van der Waals surface area contributed by atoms with Crippen molar-refractivity contribution in [3.63, 3.8) is 0 Å². The summed E-state index contributed by atoms with van der Waals surface area (Å²) in [5.41, 5.74) is 0.987. The zero-order valence-corrected chi connectivity index (χ0v) is 11.2. The number of carbonyl (C=O) groups excluding carboxylic acids is 1. The number of carbonyl (C=O) groups is 1. The van der Waals surface area contributed by atoms with Crippen LogP contribution in [0.25, 0.3) is 0 Å². The maximum atomic E-state index is 11.6. The van der Waals surface area contributed by atoms with Crippen LogP contribution in [0.2, 0.25) is 0 Å². The fourth-order valence-electron chi connectivity index (χ4n) is 1.62. The van der Waals surface area contributed by atoms with E-state index in [4.69, 9.17) is 5.11 Å². The molecule has 0 spiro atoms. The number of rotatable bonds is 6. The lowest BCUT2D eigenvalue weighted by Gasteiger charge is -2.26. The quantitative estimate of drug-likeness (QED) is 0.714. The molecule has 3 N–H and O–H groups in total. The smallest absolute Gasteiger partial charge is 0.269 e. The fourth-order valence-corrected chi connectivity index (χ4v) is 1.62. The first-order valence-electron chi connectivity index (χ1n) is 6.12. The Bertz CT molecular complexity index is 405. The fraction of sp³-hybridized carbons (Fsp3) is 0.538. The summed E-state index contributed by atoms with van der Waals surface area (Å²) in [4.78, 5) is 15.7. The third kappa shape index (κ3) is 4.33. The molecule has 1 amide bonds. The van der Waals surface area contributed by atoms with Gasteiger partial charge in [-0.1, -0.05) is 0 Å². The average Bonchev–Trinajstić information content (AvgIpc) is 2.28. The zero-order valence-electron chi connectivity index (χ0n) is 11.2. The maximum Gasteiger partial charge on any atom is 0.269 e. The van der Waals surface area contributed by atoms with Crippen LogP contribution in [-0.2, 0) is 0 Å². The topological polar surface area (TPSA) is 74.2 Å². The van der Waals surface area contributed by atoms with Crippen molar-refractivity contribution in [3.05, 3.63) is 24.0 Å². The molecule has 0 bridgehead atoms. The molecule has 5 nitrogen and oxygen atoms in total. The molecule has 1 aromatic heterocycles. The largest absolute Gasteiger partial charge is 0.396 e. The molecule has 0 atom stereocenters. The normalized spacial score (nSPS) is 11.1. The van der Waals surface area contributed by atoms with Gasteiger partial charge in [0, 0.05) is 30.6 Å². The first-order chi connectivity index (χ1) is 8.48. The summed E-state index contributed by atoms with van der Waals surface area (Å²) in [6.45, 7) is 6.55. The number of anilines is 1. The lowest BCUT2D eigenvalue weighted by atomic mass is 10.0. The van der Waals surface area contributed by atoms with E-state index in [1.165, 1.54) is 0 Å². The van der Waals surface area contributed by atoms with Crippen molar-refractivity contribution in [3.8, 4) is 0 Å². The minimum Gasteiger partial charge on any atom is -0.396 e. The van der Waals surface area contributed by atoms with Crippen LogP contribution in [0.15, 0.2) is 18.3 Å². The molecule has 5 heteroatoms. The minimum absolute atomic E-state index is 0.119. The van der Waals surface area contributed by atoms with Crippen LogP contribution >= 0.6 is 0 Å². The van der Waals surface area contributed by atoms with Crippen LogP contribution in [0.1, 0.15) is 37.7 Å². The third-order valence-electron chi connectivity index (χ3n) is 2.55. The molecule has 0 aliphatic heterocycles.